The Kier molecular flexibility index (Phi) is 5.00. The molecule has 0 aromatic heterocycles. The molecule has 7 nitrogen and oxygen atoms in total. The minimum Gasteiger partial charge on any atom is -0.497 e. The van der Waals surface area contributed by atoms with E-state index in [0.717, 1.165) is 28.5 Å². The Hall–Kier alpha value is -2.93. The van der Waals surface area contributed by atoms with Crippen LogP contribution in [-0.2, 0) is 11.3 Å². The molecule has 148 valence electrons. The molecule has 2 amide bonds. The lowest BCUT2D eigenvalue weighted by Gasteiger charge is -2.43. The highest BCUT2D eigenvalue weighted by molar-refractivity contribution is 5.89. The fourth-order valence-electron chi connectivity index (χ4n) is 3.51. The predicted molar refractivity (Wildman–Crippen MR) is 104 cm³/mol. The molecule has 0 bridgehead atoms. The second-order valence-electron chi connectivity index (χ2n) is 6.92. The van der Waals surface area contributed by atoms with Crippen LogP contribution in [0.15, 0.2) is 42.5 Å². The summed E-state index contributed by atoms with van der Waals surface area (Å²) in [4.78, 5) is 14.3. The van der Waals surface area contributed by atoms with Crippen LogP contribution in [0.25, 0.3) is 0 Å². The van der Waals surface area contributed by atoms with Crippen molar-refractivity contribution in [2.75, 3.05) is 32.6 Å². The summed E-state index contributed by atoms with van der Waals surface area (Å²) in [5.74, 6) is 1.69. The number of anilines is 1. The number of ether oxygens (including phenoxy) is 4. The first-order chi connectivity index (χ1) is 13.6. The highest BCUT2D eigenvalue weighted by atomic mass is 16.7. The van der Waals surface area contributed by atoms with Gasteiger partial charge in [0, 0.05) is 37.2 Å². The number of hydrogen-bond donors (Lipinski definition) is 1. The Morgan fingerprint density at radius 1 is 1.04 bits per heavy atom. The Bertz CT molecular complexity index is 844. The smallest absolute Gasteiger partial charge is 0.321 e. The molecule has 7 heteroatoms. The van der Waals surface area contributed by atoms with Gasteiger partial charge in [0.1, 0.15) is 17.2 Å². The molecule has 2 heterocycles. The van der Waals surface area contributed by atoms with Crippen molar-refractivity contribution in [1.29, 1.82) is 0 Å². The number of likely N-dealkylation sites (tertiary alicyclic amines) is 1. The largest absolute Gasteiger partial charge is 0.497 e. The van der Waals surface area contributed by atoms with E-state index in [0.29, 0.717) is 32.5 Å². The van der Waals surface area contributed by atoms with Crippen molar-refractivity contribution in [3.63, 3.8) is 0 Å². The molecule has 0 aliphatic carbocycles. The third-order valence-corrected chi connectivity index (χ3v) is 5.21. The van der Waals surface area contributed by atoms with Crippen LogP contribution in [0.5, 0.6) is 17.2 Å². The summed E-state index contributed by atoms with van der Waals surface area (Å²) in [5.41, 5.74) is 1.71. The molecule has 1 N–H and O–H groups in total. The second kappa shape index (κ2) is 7.59. The fraction of sp³-hybridized carbons (Fsp3) is 0.381. The molecule has 4 rings (SSSR count). The lowest BCUT2D eigenvalue weighted by Crippen LogP contribution is -2.53. The molecule has 0 unspecified atom stereocenters. The third-order valence-electron chi connectivity index (χ3n) is 5.21. The van der Waals surface area contributed by atoms with Gasteiger partial charge in [-0.1, -0.05) is 0 Å². The highest BCUT2D eigenvalue weighted by Crippen LogP contribution is 2.38. The molecule has 2 aromatic rings. The average molecular weight is 384 g/mol. The summed E-state index contributed by atoms with van der Waals surface area (Å²) in [6.07, 6.45) is 1.24. The Morgan fingerprint density at radius 3 is 2.39 bits per heavy atom. The summed E-state index contributed by atoms with van der Waals surface area (Å²) >= 11 is 0. The zero-order valence-electron chi connectivity index (χ0n) is 16.1. The van der Waals surface area contributed by atoms with Gasteiger partial charge < -0.3 is 29.2 Å². The molecule has 2 aromatic carbocycles. The number of urea groups is 1. The molecule has 0 saturated carbocycles. The SMILES string of the molecule is COc1ccc(NC(=O)N2CCC3(CC2)OCc2cc(OC)ccc2O3)cc1. The summed E-state index contributed by atoms with van der Waals surface area (Å²) in [6.45, 7) is 1.60. The van der Waals surface area contributed by atoms with Crippen LogP contribution in [0, 0.1) is 0 Å². The molecule has 0 radical (unpaired) electrons. The Labute approximate surface area is 164 Å². The normalized spacial score (nSPS) is 17.4. The van der Waals surface area contributed by atoms with Crippen LogP contribution < -0.4 is 19.5 Å². The van der Waals surface area contributed by atoms with Crippen molar-refractivity contribution in [3.8, 4) is 17.2 Å². The molecule has 1 spiro atoms. The van der Waals surface area contributed by atoms with E-state index >= 15 is 0 Å². The molecular weight excluding hydrogens is 360 g/mol. The number of methoxy groups -OCH3 is 2. The number of amides is 2. The molecule has 2 aliphatic rings. The van der Waals surface area contributed by atoms with Gasteiger partial charge in [-0.25, -0.2) is 4.79 Å². The van der Waals surface area contributed by atoms with E-state index in [4.69, 9.17) is 18.9 Å². The number of hydrogen-bond acceptors (Lipinski definition) is 5. The minimum atomic E-state index is -0.668. The first-order valence-corrected chi connectivity index (χ1v) is 9.31. The number of nitrogens with one attached hydrogen (secondary N) is 1. The van der Waals surface area contributed by atoms with Gasteiger partial charge >= 0.3 is 6.03 Å². The summed E-state index contributed by atoms with van der Waals surface area (Å²) in [6, 6.07) is 12.9. The van der Waals surface area contributed by atoms with Gasteiger partial charge in [-0.3, -0.25) is 0 Å². The summed E-state index contributed by atoms with van der Waals surface area (Å²) < 4.78 is 22.6. The zero-order valence-corrected chi connectivity index (χ0v) is 16.1. The molecule has 0 atom stereocenters. The van der Waals surface area contributed by atoms with Crippen LogP contribution in [0.2, 0.25) is 0 Å². The standard InChI is InChI=1S/C21H24N2O5/c1-25-17-5-3-16(4-6-17)22-20(24)23-11-9-21(10-12-23)27-14-15-13-18(26-2)7-8-19(15)28-21/h3-8,13H,9-12,14H2,1-2H3,(H,22,24). The van der Waals surface area contributed by atoms with Crippen molar-refractivity contribution in [3.05, 3.63) is 48.0 Å². The lowest BCUT2D eigenvalue weighted by atomic mass is 10.0. The van der Waals surface area contributed by atoms with Gasteiger partial charge in [-0.2, -0.15) is 0 Å². The van der Waals surface area contributed by atoms with E-state index in [1.807, 2.05) is 42.5 Å². The maximum atomic E-state index is 12.6. The predicted octanol–water partition coefficient (Wildman–Crippen LogP) is 3.64. The third kappa shape index (κ3) is 3.71. The number of piperidine rings is 1. The van der Waals surface area contributed by atoms with E-state index in [1.54, 1.807) is 19.1 Å². The Morgan fingerprint density at radius 2 is 1.71 bits per heavy atom. The Balaban J connectivity index is 1.35. The molecule has 1 saturated heterocycles. The second-order valence-corrected chi connectivity index (χ2v) is 6.92. The summed E-state index contributed by atoms with van der Waals surface area (Å²) in [7, 11) is 3.25. The quantitative estimate of drug-likeness (QED) is 0.875. The maximum absolute atomic E-state index is 12.6. The fourth-order valence-corrected chi connectivity index (χ4v) is 3.51. The lowest BCUT2D eigenvalue weighted by molar-refractivity contribution is -0.225. The monoisotopic (exact) mass is 384 g/mol. The zero-order chi connectivity index (χ0) is 19.6. The van der Waals surface area contributed by atoms with E-state index in [1.165, 1.54) is 0 Å². The van der Waals surface area contributed by atoms with Gasteiger partial charge in [-0.05, 0) is 42.5 Å². The van der Waals surface area contributed by atoms with Crippen LogP contribution in [-0.4, -0.2) is 44.0 Å². The van der Waals surface area contributed by atoms with E-state index in [2.05, 4.69) is 5.32 Å². The summed E-state index contributed by atoms with van der Waals surface area (Å²) in [5, 5.41) is 2.92. The van der Waals surface area contributed by atoms with Crippen molar-refractivity contribution in [2.45, 2.75) is 25.2 Å². The van der Waals surface area contributed by atoms with Crippen LogP contribution >= 0.6 is 0 Å². The molecule has 28 heavy (non-hydrogen) atoms. The average Bonchev–Trinajstić information content (AvgIpc) is 2.74. The number of nitrogens with zero attached hydrogens (tertiary/aromatic N) is 1. The first-order valence-electron chi connectivity index (χ1n) is 9.31. The van der Waals surface area contributed by atoms with E-state index < -0.39 is 5.79 Å². The van der Waals surface area contributed by atoms with Crippen molar-refractivity contribution in [1.82, 2.24) is 4.90 Å². The minimum absolute atomic E-state index is 0.124. The number of carbonyl (C=O) groups excluding carboxylic acids is 1. The topological polar surface area (TPSA) is 69.3 Å². The van der Waals surface area contributed by atoms with Crippen molar-refractivity contribution < 1.29 is 23.7 Å². The molecule has 1 fully saturated rings. The van der Waals surface area contributed by atoms with E-state index in [-0.39, 0.29) is 6.03 Å². The van der Waals surface area contributed by atoms with Crippen molar-refractivity contribution in [2.24, 2.45) is 0 Å². The number of carbonyl (C=O) groups is 1. The number of benzene rings is 2. The van der Waals surface area contributed by atoms with Gasteiger partial charge in [0.05, 0.1) is 20.8 Å². The van der Waals surface area contributed by atoms with Gasteiger partial charge in [0.15, 0.2) is 0 Å². The van der Waals surface area contributed by atoms with Crippen LogP contribution in [0.3, 0.4) is 0 Å². The van der Waals surface area contributed by atoms with E-state index in [9.17, 15) is 4.79 Å². The van der Waals surface area contributed by atoms with Gasteiger partial charge in [0.2, 0.25) is 5.79 Å². The molecule has 2 aliphatic heterocycles. The first kappa shape index (κ1) is 18.4. The maximum Gasteiger partial charge on any atom is 0.321 e. The van der Waals surface area contributed by atoms with Gasteiger partial charge in [-0.15, -0.1) is 0 Å². The highest BCUT2D eigenvalue weighted by Gasteiger charge is 2.42. The number of fused-ring (bicyclic) bond motifs is 1. The molecular formula is C21H24N2O5. The van der Waals surface area contributed by atoms with Crippen molar-refractivity contribution >= 4 is 11.7 Å². The van der Waals surface area contributed by atoms with Crippen LogP contribution in [0.4, 0.5) is 10.5 Å². The van der Waals surface area contributed by atoms with Crippen LogP contribution in [0.1, 0.15) is 18.4 Å². The number of rotatable bonds is 3. The van der Waals surface area contributed by atoms with Gasteiger partial charge in [0.25, 0.3) is 0 Å².